The van der Waals surface area contributed by atoms with Gasteiger partial charge in [0.1, 0.15) is 0 Å². The van der Waals surface area contributed by atoms with E-state index in [1.165, 1.54) is 104 Å². The van der Waals surface area contributed by atoms with Gasteiger partial charge in [-0.25, -0.2) is 0 Å². The molecule has 0 saturated carbocycles. The van der Waals surface area contributed by atoms with Crippen molar-refractivity contribution in [2.24, 2.45) is 0 Å². The Morgan fingerprint density at radius 3 is 1.71 bits per heavy atom. The van der Waals surface area contributed by atoms with E-state index in [0.29, 0.717) is 0 Å². The van der Waals surface area contributed by atoms with Gasteiger partial charge in [-0.1, -0.05) is 129 Å². The van der Waals surface area contributed by atoms with Gasteiger partial charge in [-0.05, 0) is 132 Å². The maximum absolute atomic E-state index is 3.46. The van der Waals surface area contributed by atoms with Crippen molar-refractivity contribution in [2.45, 2.75) is 19.3 Å². The summed E-state index contributed by atoms with van der Waals surface area (Å²) in [5, 5.41) is 10.3. The molecule has 0 aliphatic heterocycles. The predicted molar refractivity (Wildman–Crippen MR) is 219 cm³/mol. The number of para-hydroxylation sites is 1. The van der Waals surface area contributed by atoms with Crippen molar-refractivity contribution in [2.75, 3.05) is 0 Å². The molecule has 1 heterocycles. The number of hydrogen-bond acceptors (Lipinski definition) is 0. The summed E-state index contributed by atoms with van der Waals surface area (Å²) in [6, 6.07) is 67.1. The Morgan fingerprint density at radius 1 is 0.423 bits per heavy atom. The molecule has 52 heavy (non-hydrogen) atoms. The average Bonchev–Trinajstić information content (AvgIpc) is 3.64. The van der Waals surface area contributed by atoms with Crippen LogP contribution in [0.4, 0.5) is 0 Å². The molecule has 1 aromatic heterocycles. The van der Waals surface area contributed by atoms with E-state index in [1.54, 1.807) is 0 Å². The summed E-state index contributed by atoms with van der Waals surface area (Å²) in [6.45, 7) is 4.63. The maximum Gasteiger partial charge on any atom is 0.0544 e. The summed E-state index contributed by atoms with van der Waals surface area (Å²) < 4.78 is 2.43. The van der Waals surface area contributed by atoms with E-state index < -0.39 is 0 Å². The summed E-state index contributed by atoms with van der Waals surface area (Å²) in [4.78, 5) is 0. The minimum absolute atomic E-state index is 0.150. The number of rotatable bonds is 3. The van der Waals surface area contributed by atoms with Crippen LogP contribution in [-0.4, -0.2) is 4.57 Å². The number of aromatic nitrogens is 1. The standard InChI is InChI=1S/C51H33N/c1-51(2)47-22-11-10-21-42(47)44-30-46-45-29-35(24-26-49(45)52(50(46)31-48(44)51)36-15-4-3-5-16-36)33-14-12-13-32(27-33)34-23-25-41-39-19-7-6-17-37(39)38-18-8-9-20-40(38)43(41)28-34/h3-10,12-21,23-31H,1-2H3. The molecule has 242 valence electrons. The molecule has 0 saturated heterocycles. The van der Waals surface area contributed by atoms with E-state index in [-0.39, 0.29) is 5.41 Å². The summed E-state index contributed by atoms with van der Waals surface area (Å²) in [6.07, 6.45) is 0. The van der Waals surface area contributed by atoms with Gasteiger partial charge in [0.05, 0.1) is 11.0 Å². The molecule has 1 heteroatoms. The largest absolute Gasteiger partial charge is 0.309 e. The minimum Gasteiger partial charge on any atom is -0.309 e. The van der Waals surface area contributed by atoms with Crippen LogP contribution in [0.5, 0.6) is 0 Å². The molecule has 0 amide bonds. The van der Waals surface area contributed by atoms with E-state index >= 15 is 0 Å². The minimum atomic E-state index is -0.150. The van der Waals surface area contributed by atoms with Crippen molar-refractivity contribution < 1.29 is 0 Å². The Bertz CT molecular complexity index is 3050. The van der Waals surface area contributed by atoms with Gasteiger partial charge >= 0.3 is 0 Å². The van der Waals surface area contributed by atoms with Gasteiger partial charge < -0.3 is 4.57 Å². The van der Waals surface area contributed by atoms with Gasteiger partial charge in [-0.15, -0.1) is 0 Å². The molecule has 0 radical (unpaired) electrons. The van der Waals surface area contributed by atoms with E-state index in [0.717, 1.165) is 0 Å². The number of benzene rings is 8. The number of nitrogens with zero attached hydrogens (tertiary/aromatic N) is 1. The highest BCUT2D eigenvalue weighted by Gasteiger charge is 2.36. The Morgan fingerprint density at radius 2 is 1.00 bits per heavy atom. The fourth-order valence-corrected chi connectivity index (χ4v) is 9.05. The third-order valence-electron chi connectivity index (χ3n) is 11.6. The fourth-order valence-electron chi connectivity index (χ4n) is 9.05. The summed E-state index contributed by atoms with van der Waals surface area (Å²) in [7, 11) is 0. The molecule has 1 aliphatic carbocycles. The fraction of sp³-hybridized carbons (Fsp3) is 0.0588. The van der Waals surface area contributed by atoms with Crippen molar-refractivity contribution in [3.05, 3.63) is 187 Å². The van der Waals surface area contributed by atoms with E-state index in [4.69, 9.17) is 0 Å². The first-order valence-corrected chi connectivity index (χ1v) is 18.1. The van der Waals surface area contributed by atoms with Crippen LogP contribution in [0.15, 0.2) is 164 Å². The van der Waals surface area contributed by atoms with Gasteiger partial charge in [0.2, 0.25) is 0 Å². The molecule has 0 fully saturated rings. The van der Waals surface area contributed by atoms with E-state index in [2.05, 4.69) is 188 Å². The predicted octanol–water partition coefficient (Wildman–Crippen LogP) is 13.5. The van der Waals surface area contributed by atoms with Crippen molar-refractivity contribution in [1.29, 1.82) is 0 Å². The van der Waals surface area contributed by atoms with Crippen LogP contribution in [0.3, 0.4) is 0 Å². The van der Waals surface area contributed by atoms with Crippen molar-refractivity contribution in [3.63, 3.8) is 0 Å². The van der Waals surface area contributed by atoms with E-state index in [1.807, 2.05) is 6.07 Å². The van der Waals surface area contributed by atoms with Crippen LogP contribution in [0.25, 0.3) is 93.2 Å². The Hall–Kier alpha value is -6.62. The van der Waals surface area contributed by atoms with E-state index in [9.17, 15) is 0 Å². The molecule has 0 atom stereocenters. The topological polar surface area (TPSA) is 4.93 Å². The van der Waals surface area contributed by atoms with Gasteiger partial charge in [0.25, 0.3) is 0 Å². The SMILES string of the molecule is CC1(C)c2c#cccc2-c2cc3c4cc(-c5cccc(-c6ccc7c8ccccc8c8ccccc8c7c6)c5)ccc4n(-c4ccccc4)c3cc21. The van der Waals surface area contributed by atoms with Gasteiger partial charge in [-0.2, -0.15) is 0 Å². The normalized spacial score (nSPS) is 13.2. The van der Waals surface area contributed by atoms with Crippen LogP contribution in [0.1, 0.15) is 25.0 Å². The first kappa shape index (κ1) is 29.1. The van der Waals surface area contributed by atoms with Crippen molar-refractivity contribution in [3.8, 4) is 39.1 Å². The zero-order valence-corrected chi connectivity index (χ0v) is 29.0. The monoisotopic (exact) mass is 659 g/mol. The highest BCUT2D eigenvalue weighted by molar-refractivity contribution is 6.25. The second-order valence-corrected chi connectivity index (χ2v) is 14.8. The Balaban J connectivity index is 1.10. The van der Waals surface area contributed by atoms with Crippen molar-refractivity contribution >= 4 is 54.1 Å². The summed E-state index contributed by atoms with van der Waals surface area (Å²) in [5.74, 6) is 0. The third kappa shape index (κ3) is 4.07. The first-order chi connectivity index (χ1) is 25.5. The lowest BCUT2D eigenvalue weighted by atomic mass is 9.83. The Labute approximate surface area is 303 Å². The molecule has 11 rings (SSSR count). The van der Waals surface area contributed by atoms with Crippen LogP contribution in [0, 0.1) is 12.1 Å². The second kappa shape index (κ2) is 10.7. The molecule has 0 spiro atoms. The smallest absolute Gasteiger partial charge is 0.0544 e. The highest BCUT2D eigenvalue weighted by atomic mass is 15.0. The second-order valence-electron chi connectivity index (χ2n) is 14.8. The van der Waals surface area contributed by atoms with Gasteiger partial charge in [-0.3, -0.25) is 0 Å². The quantitative estimate of drug-likeness (QED) is 0.166. The molecular formula is C51H33N. The molecule has 0 unspecified atom stereocenters. The van der Waals surface area contributed by atoms with Gasteiger partial charge in [0.15, 0.2) is 0 Å². The molecule has 9 aromatic carbocycles. The third-order valence-corrected chi connectivity index (χ3v) is 11.6. The van der Waals surface area contributed by atoms with Crippen LogP contribution in [-0.2, 0) is 5.41 Å². The molecule has 0 N–H and O–H groups in total. The zero-order valence-electron chi connectivity index (χ0n) is 29.0. The van der Waals surface area contributed by atoms with Crippen LogP contribution in [0.2, 0.25) is 0 Å². The summed E-state index contributed by atoms with van der Waals surface area (Å²) >= 11 is 0. The highest BCUT2D eigenvalue weighted by Crippen LogP contribution is 2.50. The lowest BCUT2D eigenvalue weighted by Gasteiger charge is -2.20. The molecule has 1 nitrogen and oxygen atoms in total. The number of hydrogen-bond donors (Lipinski definition) is 0. The Kier molecular flexibility index (Phi) is 5.99. The van der Waals surface area contributed by atoms with Crippen molar-refractivity contribution in [1.82, 2.24) is 4.57 Å². The molecule has 0 bridgehead atoms. The lowest BCUT2D eigenvalue weighted by Crippen LogP contribution is -2.14. The summed E-state index contributed by atoms with van der Waals surface area (Å²) in [5.41, 5.74) is 13.4. The first-order valence-electron chi connectivity index (χ1n) is 18.1. The average molecular weight is 660 g/mol. The van der Waals surface area contributed by atoms with Gasteiger partial charge in [0, 0.05) is 27.4 Å². The van der Waals surface area contributed by atoms with Crippen LogP contribution < -0.4 is 0 Å². The zero-order chi connectivity index (χ0) is 34.6. The molecule has 10 aromatic rings. The molecular weight excluding hydrogens is 627 g/mol. The lowest BCUT2D eigenvalue weighted by molar-refractivity contribution is 0.661. The number of fused-ring (bicyclic) bond motifs is 12. The maximum atomic E-state index is 3.46. The van der Waals surface area contributed by atoms with Crippen LogP contribution >= 0.6 is 0 Å². The molecule has 1 aliphatic rings.